The first kappa shape index (κ1) is 27.6. The van der Waals surface area contributed by atoms with Crippen molar-refractivity contribution in [1.82, 2.24) is 4.98 Å². The number of hydrogen-bond acceptors (Lipinski definition) is 3. The number of fused-ring (bicyclic) bond motifs is 2. The van der Waals surface area contributed by atoms with E-state index in [0.717, 1.165) is 32.5 Å². The molecule has 0 N–H and O–H groups in total. The molecule has 216 valence electrons. The number of pyridine rings is 2. The second-order valence-corrected chi connectivity index (χ2v) is 11.7. The Hall–Kier alpha value is -5.22. The second-order valence-electron chi connectivity index (χ2n) is 11.7. The van der Waals surface area contributed by atoms with Crippen molar-refractivity contribution in [3.05, 3.63) is 179 Å². The van der Waals surface area contributed by atoms with Gasteiger partial charge in [-0.3, -0.25) is 4.98 Å². The number of rotatable bonds is 9. The smallest absolute Gasteiger partial charge is 0.173 e. The van der Waals surface area contributed by atoms with E-state index in [2.05, 4.69) is 160 Å². The number of benzene rings is 4. The van der Waals surface area contributed by atoms with Gasteiger partial charge in [-0.1, -0.05) is 78.4 Å². The fourth-order valence-electron chi connectivity index (χ4n) is 6.06. The third kappa shape index (κ3) is 6.11. The highest BCUT2D eigenvalue weighted by atomic mass is 15.3. The van der Waals surface area contributed by atoms with E-state index in [-0.39, 0.29) is 0 Å². The summed E-state index contributed by atoms with van der Waals surface area (Å²) < 4.78 is 2.25. The van der Waals surface area contributed by atoms with Crippen molar-refractivity contribution in [2.75, 3.05) is 9.80 Å². The summed E-state index contributed by atoms with van der Waals surface area (Å²) in [5, 5.41) is 0. The lowest BCUT2D eigenvalue weighted by atomic mass is 10.0. The van der Waals surface area contributed by atoms with E-state index in [9.17, 15) is 0 Å². The maximum Gasteiger partial charge on any atom is 0.173 e. The molecule has 0 aliphatic carbocycles. The zero-order valence-corrected chi connectivity index (χ0v) is 25.2. The Morgan fingerprint density at radius 3 is 1.41 bits per heavy atom. The molecule has 3 heterocycles. The highest BCUT2D eigenvalue weighted by Crippen LogP contribution is 2.48. The molecular formula is C40H37N4+. The van der Waals surface area contributed by atoms with Gasteiger partial charge in [0.15, 0.2) is 18.9 Å². The van der Waals surface area contributed by atoms with Gasteiger partial charge in [-0.05, 0) is 78.4 Å². The molecule has 1 aliphatic rings. The van der Waals surface area contributed by atoms with E-state index in [1.807, 2.05) is 12.4 Å². The first-order valence-corrected chi connectivity index (χ1v) is 15.4. The minimum absolute atomic E-state index is 0.812. The van der Waals surface area contributed by atoms with Gasteiger partial charge in [0.05, 0.1) is 22.7 Å². The Kier molecular flexibility index (Phi) is 7.88. The number of aryl methyl sites for hydroxylation is 3. The van der Waals surface area contributed by atoms with Crippen molar-refractivity contribution in [2.45, 2.75) is 39.4 Å². The van der Waals surface area contributed by atoms with E-state index in [0.29, 0.717) is 0 Å². The molecule has 4 nitrogen and oxygen atoms in total. The van der Waals surface area contributed by atoms with Crippen molar-refractivity contribution >= 4 is 22.7 Å². The summed E-state index contributed by atoms with van der Waals surface area (Å²) in [5.74, 6) is 0. The quantitative estimate of drug-likeness (QED) is 0.162. The Morgan fingerprint density at radius 2 is 0.909 bits per heavy atom. The zero-order valence-electron chi connectivity index (χ0n) is 25.2. The normalized spacial score (nSPS) is 12.1. The number of nitrogens with zero attached hydrogens (tertiary/aromatic N) is 4. The summed E-state index contributed by atoms with van der Waals surface area (Å²) in [7, 11) is 0. The summed E-state index contributed by atoms with van der Waals surface area (Å²) in [4.78, 5) is 9.03. The lowest BCUT2D eigenvalue weighted by Gasteiger charge is -2.40. The summed E-state index contributed by atoms with van der Waals surface area (Å²) in [6.45, 7) is 4.64. The fraction of sp³-hybridized carbons (Fsp3) is 0.150. The third-order valence-electron chi connectivity index (χ3n) is 8.53. The lowest BCUT2D eigenvalue weighted by Crippen LogP contribution is -2.33. The van der Waals surface area contributed by atoms with Crippen LogP contribution in [0.15, 0.2) is 146 Å². The predicted octanol–water partition coefficient (Wildman–Crippen LogP) is 8.50. The van der Waals surface area contributed by atoms with Gasteiger partial charge in [-0.25, -0.2) is 4.57 Å². The van der Waals surface area contributed by atoms with Gasteiger partial charge in [0.25, 0.3) is 0 Å². The second kappa shape index (κ2) is 12.6. The van der Waals surface area contributed by atoms with Crippen LogP contribution in [0, 0.1) is 6.92 Å². The van der Waals surface area contributed by atoms with Gasteiger partial charge < -0.3 is 9.80 Å². The molecular weight excluding hydrogens is 536 g/mol. The summed E-state index contributed by atoms with van der Waals surface area (Å²) in [6, 6.07) is 44.2. The maximum absolute atomic E-state index is 4.11. The van der Waals surface area contributed by atoms with Gasteiger partial charge >= 0.3 is 0 Å². The first-order chi connectivity index (χ1) is 21.7. The Bertz CT molecular complexity index is 1780. The molecule has 0 bridgehead atoms. The van der Waals surface area contributed by atoms with Crippen molar-refractivity contribution < 1.29 is 4.57 Å². The molecule has 0 saturated heterocycles. The largest absolute Gasteiger partial charge is 0.334 e. The zero-order chi connectivity index (χ0) is 29.7. The molecule has 0 saturated carbocycles. The van der Waals surface area contributed by atoms with Crippen LogP contribution in [0.1, 0.15) is 33.4 Å². The highest BCUT2D eigenvalue weighted by Gasteiger charge is 2.28. The third-order valence-corrected chi connectivity index (χ3v) is 8.53. The van der Waals surface area contributed by atoms with Crippen LogP contribution in [0.3, 0.4) is 0 Å². The molecule has 0 spiro atoms. The van der Waals surface area contributed by atoms with Crippen LogP contribution in [0.4, 0.5) is 22.7 Å². The average molecular weight is 574 g/mol. The van der Waals surface area contributed by atoms with E-state index >= 15 is 0 Å². The molecule has 0 amide bonds. The van der Waals surface area contributed by atoms with Crippen molar-refractivity contribution in [3.8, 4) is 0 Å². The Labute approximate surface area is 260 Å². The van der Waals surface area contributed by atoms with Crippen LogP contribution in [0.5, 0.6) is 0 Å². The predicted molar refractivity (Wildman–Crippen MR) is 180 cm³/mol. The van der Waals surface area contributed by atoms with Gasteiger partial charge in [-0.2, -0.15) is 0 Å². The van der Waals surface area contributed by atoms with E-state index in [1.165, 1.54) is 56.1 Å². The van der Waals surface area contributed by atoms with Crippen molar-refractivity contribution in [2.24, 2.45) is 0 Å². The fourth-order valence-corrected chi connectivity index (χ4v) is 6.06. The summed E-state index contributed by atoms with van der Waals surface area (Å²) >= 11 is 0. The van der Waals surface area contributed by atoms with Gasteiger partial charge in [0.2, 0.25) is 0 Å². The maximum atomic E-state index is 4.11. The van der Waals surface area contributed by atoms with Crippen molar-refractivity contribution in [3.63, 3.8) is 0 Å². The van der Waals surface area contributed by atoms with E-state index in [1.54, 1.807) is 0 Å². The first-order valence-electron chi connectivity index (χ1n) is 15.4. The minimum atomic E-state index is 0.812. The van der Waals surface area contributed by atoms with E-state index in [4.69, 9.17) is 0 Å². The molecule has 6 aromatic rings. The topological polar surface area (TPSA) is 23.2 Å². The molecule has 2 aromatic heterocycles. The molecule has 1 aliphatic heterocycles. The lowest BCUT2D eigenvalue weighted by molar-refractivity contribution is -0.688. The standard InChI is InChI=1S/C40H37N4/c1-31-10-12-35(13-11-31)29-43-37-6-2-4-8-39(37)44(40-9-5-3-7-38(40)43)30-36-18-16-34(17-19-36)28-42-26-22-33(23-27-42)15-14-32-20-24-41-25-21-32/h2-13,16-27H,14-15,28-30H2,1H3/q+1. The van der Waals surface area contributed by atoms with Crippen LogP contribution < -0.4 is 14.4 Å². The van der Waals surface area contributed by atoms with Gasteiger partial charge in [0, 0.05) is 43.2 Å². The van der Waals surface area contributed by atoms with Crippen LogP contribution in [0.2, 0.25) is 0 Å². The SMILES string of the molecule is Cc1ccc(CN2c3ccccc3N(Cc3ccc(C[n+]4ccc(CCc5ccncc5)cc4)cc3)c3ccccc32)cc1. The monoisotopic (exact) mass is 573 g/mol. The molecule has 0 unspecified atom stereocenters. The summed E-state index contributed by atoms with van der Waals surface area (Å²) in [6.07, 6.45) is 10.2. The average Bonchev–Trinajstić information content (AvgIpc) is 3.08. The molecule has 7 rings (SSSR count). The molecule has 4 aromatic carbocycles. The minimum Gasteiger partial charge on any atom is -0.334 e. The number of para-hydroxylation sites is 4. The molecule has 0 atom stereocenters. The van der Waals surface area contributed by atoms with Crippen LogP contribution in [0.25, 0.3) is 0 Å². The van der Waals surface area contributed by atoms with Crippen LogP contribution >= 0.6 is 0 Å². The Morgan fingerprint density at radius 1 is 0.477 bits per heavy atom. The van der Waals surface area contributed by atoms with Gasteiger partial charge in [-0.15, -0.1) is 0 Å². The van der Waals surface area contributed by atoms with Crippen LogP contribution in [-0.4, -0.2) is 4.98 Å². The van der Waals surface area contributed by atoms with Crippen molar-refractivity contribution in [1.29, 1.82) is 0 Å². The highest BCUT2D eigenvalue weighted by molar-refractivity contribution is 5.93. The van der Waals surface area contributed by atoms with E-state index < -0.39 is 0 Å². The summed E-state index contributed by atoms with van der Waals surface area (Å²) in [5.41, 5.74) is 12.8. The molecule has 0 fully saturated rings. The van der Waals surface area contributed by atoms with Crippen LogP contribution in [-0.2, 0) is 32.5 Å². The van der Waals surface area contributed by atoms with Gasteiger partial charge in [0.1, 0.15) is 0 Å². The Balaban J connectivity index is 1.06. The molecule has 44 heavy (non-hydrogen) atoms. The number of hydrogen-bond donors (Lipinski definition) is 0. The molecule has 4 heteroatoms. The number of aromatic nitrogens is 2. The molecule has 0 radical (unpaired) electrons. The number of anilines is 4.